The summed E-state index contributed by atoms with van der Waals surface area (Å²) in [4.78, 5) is 34.8. The molecule has 0 aromatic heterocycles. The number of alkyl halides is 3. The summed E-state index contributed by atoms with van der Waals surface area (Å²) in [5.74, 6) is -2.57. The van der Waals surface area contributed by atoms with Crippen LogP contribution in [-0.4, -0.2) is 80.7 Å². The van der Waals surface area contributed by atoms with Crippen molar-refractivity contribution in [2.75, 3.05) is 20.3 Å². The number of hydrogen-bond donors (Lipinski definition) is 2. The van der Waals surface area contributed by atoms with Gasteiger partial charge in [0.1, 0.15) is 24.9 Å². The number of hydrogen-bond acceptors (Lipinski definition) is 10. The third-order valence-electron chi connectivity index (χ3n) is 5.67. The van der Waals surface area contributed by atoms with Crippen LogP contribution < -0.4 is 0 Å². The summed E-state index contributed by atoms with van der Waals surface area (Å²) in [6.07, 6.45) is -4.90. The lowest BCUT2D eigenvalue weighted by molar-refractivity contribution is -0.146. The zero-order chi connectivity index (χ0) is 32.8. The molecule has 1 fully saturated rings. The van der Waals surface area contributed by atoms with Gasteiger partial charge in [-0.05, 0) is 36.4 Å². The highest BCUT2D eigenvalue weighted by Gasteiger charge is 2.52. The Morgan fingerprint density at radius 3 is 1.70 bits per heavy atom. The topological polar surface area (TPSA) is 163 Å². The van der Waals surface area contributed by atoms with Gasteiger partial charge in [0.05, 0.1) is 23.3 Å². The summed E-state index contributed by atoms with van der Waals surface area (Å²) in [5, 5.41) is 15.4. The van der Waals surface area contributed by atoms with Crippen molar-refractivity contribution in [3.05, 3.63) is 108 Å². The largest absolute Gasteiger partial charge is 0.523 e. The Morgan fingerprint density at radius 2 is 1.27 bits per heavy atom. The summed E-state index contributed by atoms with van der Waals surface area (Å²) in [6, 6.07) is 23.6. The highest BCUT2D eigenvalue weighted by Crippen LogP contribution is 2.31. The highest BCUT2D eigenvalue weighted by atomic mass is 32.2. The van der Waals surface area contributed by atoms with Gasteiger partial charge in [0.25, 0.3) is 0 Å². The molecule has 3 atom stereocenters. The van der Waals surface area contributed by atoms with Gasteiger partial charge in [-0.2, -0.15) is 21.6 Å². The van der Waals surface area contributed by atoms with Crippen molar-refractivity contribution in [1.29, 1.82) is 0 Å². The number of aliphatic hydroxyl groups excluding tert-OH is 1. The van der Waals surface area contributed by atoms with E-state index in [4.69, 9.17) is 24.4 Å². The lowest BCUT2D eigenvalue weighted by Gasteiger charge is -2.36. The minimum atomic E-state index is -6.07. The second-order valence-corrected chi connectivity index (χ2v) is 10.2. The predicted octanol–water partition coefficient (Wildman–Crippen LogP) is 4.09. The second kappa shape index (κ2) is 17.1. The molecule has 2 unspecified atom stereocenters. The van der Waals surface area contributed by atoms with Crippen LogP contribution >= 0.6 is 0 Å². The first kappa shape index (κ1) is 35.9. The fraction of sp³-hybridized carbons (Fsp3) is 0.276. The third-order valence-corrected chi connectivity index (χ3v) is 6.71. The average Bonchev–Trinajstić information content (AvgIpc) is 3.03. The third kappa shape index (κ3) is 10.8. The minimum absolute atomic E-state index is 0.105. The van der Waals surface area contributed by atoms with Gasteiger partial charge in [-0.15, -0.1) is 0 Å². The first-order valence-electron chi connectivity index (χ1n) is 12.7. The average molecular weight is 643 g/mol. The molecule has 0 bridgehead atoms. The minimum Gasteiger partial charge on any atom is -0.478 e. The summed E-state index contributed by atoms with van der Waals surface area (Å²) < 4.78 is 82.3. The summed E-state index contributed by atoms with van der Waals surface area (Å²) in [6.45, 7) is -0.739. The van der Waals surface area contributed by atoms with Gasteiger partial charge in [-0.3, -0.25) is 4.18 Å². The highest BCUT2D eigenvalue weighted by molar-refractivity contribution is 7.87. The molecule has 0 saturated carbocycles. The number of carboxylic acids is 1. The second-order valence-electron chi connectivity index (χ2n) is 8.60. The van der Waals surface area contributed by atoms with E-state index in [2.05, 4.69) is 4.18 Å². The van der Waals surface area contributed by atoms with Gasteiger partial charge in [-0.25, -0.2) is 14.4 Å². The van der Waals surface area contributed by atoms with E-state index < -0.39 is 58.5 Å². The van der Waals surface area contributed by atoms with Crippen molar-refractivity contribution < 1.29 is 64.6 Å². The predicted molar refractivity (Wildman–Crippen MR) is 148 cm³/mol. The van der Waals surface area contributed by atoms with Crippen molar-refractivity contribution in [3.8, 4) is 0 Å². The van der Waals surface area contributed by atoms with Crippen LogP contribution in [0.1, 0.15) is 37.5 Å². The monoisotopic (exact) mass is 642 g/mol. The van der Waals surface area contributed by atoms with Crippen molar-refractivity contribution in [3.63, 3.8) is 0 Å². The molecule has 0 amide bonds. The lowest BCUT2D eigenvalue weighted by atomic mass is 10.0. The van der Waals surface area contributed by atoms with E-state index in [1.165, 1.54) is 24.3 Å². The summed E-state index contributed by atoms with van der Waals surface area (Å²) >= 11 is 0. The number of esters is 2. The van der Waals surface area contributed by atoms with Gasteiger partial charge in [-0.1, -0.05) is 54.6 Å². The fourth-order valence-corrected chi connectivity index (χ4v) is 4.25. The molecule has 3 aromatic carbocycles. The zero-order valence-corrected chi connectivity index (χ0v) is 23.9. The molecule has 3 aromatic rings. The zero-order valence-electron chi connectivity index (χ0n) is 23.1. The van der Waals surface area contributed by atoms with E-state index in [1.54, 1.807) is 66.7 Å². The Bertz CT molecular complexity index is 1440. The van der Waals surface area contributed by atoms with E-state index >= 15 is 0 Å². The Balaban J connectivity index is 0.000000519. The summed E-state index contributed by atoms with van der Waals surface area (Å²) in [7, 11) is -5.07. The number of ether oxygens (including phenoxy) is 3. The number of aromatic carboxylic acids is 1. The number of carbonyl (C=O) groups excluding carboxylic acids is 2. The van der Waals surface area contributed by atoms with Crippen LogP contribution in [0.25, 0.3) is 0 Å². The smallest absolute Gasteiger partial charge is 0.478 e. The molecule has 4 rings (SSSR count). The van der Waals surface area contributed by atoms with Crippen LogP contribution in [-0.2, 0) is 28.5 Å². The van der Waals surface area contributed by atoms with Crippen molar-refractivity contribution >= 4 is 28.0 Å². The Morgan fingerprint density at radius 1 is 0.818 bits per heavy atom. The molecule has 44 heavy (non-hydrogen) atoms. The molecule has 2 N–H and O–H groups in total. The fourth-order valence-electron chi connectivity index (χ4n) is 3.60. The van der Waals surface area contributed by atoms with Gasteiger partial charge in [0.15, 0.2) is 0 Å². The van der Waals surface area contributed by atoms with Crippen LogP contribution in [0.5, 0.6) is 0 Å². The molecule has 15 heteroatoms. The van der Waals surface area contributed by atoms with Crippen molar-refractivity contribution in [2.45, 2.75) is 30.2 Å². The molecular weight excluding hydrogens is 613 g/mol. The SMILES string of the molecule is CO.O=C(O)c1ccccc1.O=C(OCC1OCCC(OC(=O)c2ccccc2)[C@@H]1OS(=O)(=O)C(F)(F)F)c1ccccc1. The van der Waals surface area contributed by atoms with Gasteiger partial charge in [0, 0.05) is 13.5 Å². The lowest BCUT2D eigenvalue weighted by Crippen LogP contribution is -2.52. The molecule has 0 spiro atoms. The number of carboxylic acid groups (broad SMARTS) is 1. The number of rotatable bonds is 8. The van der Waals surface area contributed by atoms with Crippen molar-refractivity contribution in [1.82, 2.24) is 0 Å². The number of carbonyl (C=O) groups is 3. The quantitative estimate of drug-likeness (QED) is 0.207. The van der Waals surface area contributed by atoms with E-state index in [-0.39, 0.29) is 24.2 Å². The van der Waals surface area contributed by atoms with Crippen LogP contribution in [0, 0.1) is 0 Å². The molecule has 11 nitrogen and oxygen atoms in total. The van der Waals surface area contributed by atoms with Crippen LogP contribution in [0.2, 0.25) is 0 Å². The Hall–Kier alpha value is -4.31. The van der Waals surface area contributed by atoms with Crippen LogP contribution in [0.15, 0.2) is 91.0 Å². The van der Waals surface area contributed by atoms with Gasteiger partial charge < -0.3 is 24.4 Å². The normalized spacial score (nSPS) is 17.9. The number of halogens is 3. The van der Waals surface area contributed by atoms with E-state index in [0.29, 0.717) is 5.56 Å². The molecule has 0 radical (unpaired) electrons. The van der Waals surface area contributed by atoms with E-state index in [9.17, 15) is 36.0 Å². The Labute approximate surface area is 250 Å². The standard InChI is InChI=1S/C21H19F3O8S.C7H6O2.CH4O/c22-21(23,24)33(27,28)32-18-16(31-20(26)15-9-5-2-6-10-15)11-12-29-17(18)13-30-19(25)14-7-3-1-4-8-14;8-7(9)6-4-2-1-3-5-6;1-2/h1-10,16-18H,11-13H2;1-5H,(H,8,9);2H,1H3/t16?,17?,18-;;/m0../s1. The molecule has 1 saturated heterocycles. The maximum atomic E-state index is 13.0. The maximum Gasteiger partial charge on any atom is 0.523 e. The Kier molecular flexibility index (Phi) is 13.9. The molecule has 238 valence electrons. The molecule has 0 aliphatic carbocycles. The van der Waals surface area contributed by atoms with Crippen LogP contribution in [0.3, 0.4) is 0 Å². The number of benzene rings is 3. The molecular formula is C29H29F3O11S. The molecule has 1 aliphatic heterocycles. The molecule has 1 aliphatic rings. The van der Waals surface area contributed by atoms with Crippen LogP contribution in [0.4, 0.5) is 13.2 Å². The van der Waals surface area contributed by atoms with Crippen molar-refractivity contribution in [2.24, 2.45) is 0 Å². The first-order chi connectivity index (χ1) is 20.9. The maximum absolute atomic E-state index is 13.0. The van der Waals surface area contributed by atoms with E-state index in [1.807, 2.05) is 0 Å². The van der Waals surface area contributed by atoms with Gasteiger partial charge >= 0.3 is 33.5 Å². The molecule has 1 heterocycles. The number of aliphatic hydroxyl groups is 1. The summed E-state index contributed by atoms with van der Waals surface area (Å²) in [5.41, 5.74) is -5.12. The van der Waals surface area contributed by atoms with E-state index in [0.717, 1.165) is 7.11 Å². The first-order valence-corrected chi connectivity index (χ1v) is 14.1. The van der Waals surface area contributed by atoms with Gasteiger partial charge in [0.2, 0.25) is 0 Å².